The molecule has 1 saturated heterocycles. The highest BCUT2D eigenvalue weighted by atomic mass is 19.1. The van der Waals surface area contributed by atoms with Crippen molar-refractivity contribution in [2.75, 3.05) is 30.0 Å². The Labute approximate surface area is 174 Å². The Hall–Kier alpha value is -2.78. The van der Waals surface area contributed by atoms with Gasteiger partial charge in [0.25, 0.3) is 0 Å². The van der Waals surface area contributed by atoms with Crippen LogP contribution in [0.1, 0.15) is 31.0 Å². The Morgan fingerprint density at radius 1 is 1.30 bits per heavy atom. The van der Waals surface area contributed by atoms with Gasteiger partial charge in [-0.3, -0.25) is 0 Å². The molecule has 8 nitrogen and oxygen atoms in total. The fourth-order valence-corrected chi connectivity index (χ4v) is 3.90. The van der Waals surface area contributed by atoms with E-state index in [0.717, 1.165) is 36.5 Å². The zero-order valence-corrected chi connectivity index (χ0v) is 16.9. The van der Waals surface area contributed by atoms with E-state index in [1.54, 1.807) is 12.1 Å². The van der Waals surface area contributed by atoms with E-state index >= 15 is 0 Å². The van der Waals surface area contributed by atoms with E-state index in [-0.39, 0.29) is 18.1 Å². The summed E-state index contributed by atoms with van der Waals surface area (Å²) in [6.45, 7) is 5.47. The summed E-state index contributed by atoms with van der Waals surface area (Å²) in [6, 6.07) is 4.73. The Bertz CT molecular complexity index is 980. The molecule has 1 aromatic carbocycles. The number of fused-ring (bicyclic) bond motifs is 1. The van der Waals surface area contributed by atoms with Gasteiger partial charge in [-0.25, -0.2) is 19.2 Å². The molecule has 3 aliphatic rings. The molecule has 2 aromatic rings. The smallest absolute Gasteiger partial charge is 0.319 e. The van der Waals surface area contributed by atoms with Crippen molar-refractivity contribution in [2.24, 2.45) is 0 Å². The summed E-state index contributed by atoms with van der Waals surface area (Å²) in [5.74, 6) is 0.741. The van der Waals surface area contributed by atoms with Gasteiger partial charge in [-0.15, -0.1) is 0 Å². The first-order valence-electron chi connectivity index (χ1n) is 10.4. The number of benzene rings is 1. The second-order valence-corrected chi connectivity index (χ2v) is 8.08. The molecule has 0 spiro atoms. The third-order valence-electron chi connectivity index (χ3n) is 5.69. The first kappa shape index (κ1) is 19.2. The normalized spacial score (nSPS) is 20.7. The van der Waals surface area contributed by atoms with Crippen LogP contribution in [0.15, 0.2) is 18.2 Å². The Kier molecular flexibility index (Phi) is 5.00. The SMILES string of the molecule is CC1COCCN1c1nc(-c2ccc(NC(=O)NC3CC3)cc2F)nc2c1CNC2. The molecule has 1 atom stereocenters. The molecular weight excluding hydrogens is 387 g/mol. The van der Waals surface area contributed by atoms with Crippen molar-refractivity contribution in [3.63, 3.8) is 0 Å². The molecule has 2 aliphatic heterocycles. The number of ether oxygens (including phenoxy) is 1. The van der Waals surface area contributed by atoms with Crippen molar-refractivity contribution < 1.29 is 13.9 Å². The second kappa shape index (κ2) is 7.81. The number of urea groups is 1. The first-order chi connectivity index (χ1) is 14.6. The number of carbonyl (C=O) groups excluding carboxylic acids is 1. The third-order valence-corrected chi connectivity index (χ3v) is 5.69. The van der Waals surface area contributed by atoms with Crippen molar-refractivity contribution >= 4 is 17.5 Å². The summed E-state index contributed by atoms with van der Waals surface area (Å²) in [5.41, 5.74) is 2.70. The van der Waals surface area contributed by atoms with Crippen LogP contribution in [-0.2, 0) is 17.8 Å². The average Bonchev–Trinajstić information content (AvgIpc) is 3.40. The lowest BCUT2D eigenvalue weighted by Crippen LogP contribution is -2.44. The number of amides is 2. The standard InChI is InChI=1S/C21H25FN6O2/c1-12-11-30-7-6-28(12)20-16-9-23-10-18(16)26-19(27-20)15-5-4-14(8-17(15)22)25-21(29)24-13-2-3-13/h4-5,8,12-13,23H,2-3,6-7,9-11H2,1H3,(H2,24,25,29). The minimum atomic E-state index is -0.467. The lowest BCUT2D eigenvalue weighted by atomic mass is 10.1. The summed E-state index contributed by atoms with van der Waals surface area (Å²) in [4.78, 5) is 23.5. The summed E-state index contributed by atoms with van der Waals surface area (Å²) >= 11 is 0. The van der Waals surface area contributed by atoms with Crippen LogP contribution in [0, 0.1) is 5.82 Å². The molecule has 1 aromatic heterocycles. The van der Waals surface area contributed by atoms with Crippen LogP contribution in [0.2, 0.25) is 0 Å². The third kappa shape index (κ3) is 3.82. The summed E-state index contributed by atoms with van der Waals surface area (Å²) in [5, 5.41) is 8.82. The number of anilines is 2. The van der Waals surface area contributed by atoms with Crippen LogP contribution in [0.25, 0.3) is 11.4 Å². The first-order valence-corrected chi connectivity index (χ1v) is 10.4. The van der Waals surface area contributed by atoms with Crippen LogP contribution in [0.3, 0.4) is 0 Å². The molecule has 0 radical (unpaired) electrons. The Balaban J connectivity index is 1.45. The molecule has 2 amide bonds. The number of carbonyl (C=O) groups is 1. The van der Waals surface area contributed by atoms with Crippen molar-refractivity contribution in [2.45, 2.75) is 44.9 Å². The van der Waals surface area contributed by atoms with Crippen LogP contribution in [0.5, 0.6) is 0 Å². The predicted molar refractivity (Wildman–Crippen MR) is 111 cm³/mol. The minimum absolute atomic E-state index is 0.188. The number of aromatic nitrogens is 2. The Morgan fingerprint density at radius 3 is 2.93 bits per heavy atom. The number of morpholine rings is 1. The molecule has 1 saturated carbocycles. The van der Waals surface area contributed by atoms with Gasteiger partial charge >= 0.3 is 6.03 Å². The molecule has 2 fully saturated rings. The van der Waals surface area contributed by atoms with Gasteiger partial charge in [0, 0.05) is 36.9 Å². The second-order valence-electron chi connectivity index (χ2n) is 8.08. The fourth-order valence-electron chi connectivity index (χ4n) is 3.90. The highest BCUT2D eigenvalue weighted by Crippen LogP contribution is 2.31. The van der Waals surface area contributed by atoms with Gasteiger partial charge in [-0.2, -0.15) is 0 Å². The van der Waals surface area contributed by atoms with Crippen molar-refractivity contribution in [3.8, 4) is 11.4 Å². The van der Waals surface area contributed by atoms with Gasteiger partial charge in [0.15, 0.2) is 5.82 Å². The fraction of sp³-hybridized carbons (Fsp3) is 0.476. The van der Waals surface area contributed by atoms with Crippen molar-refractivity contribution in [1.82, 2.24) is 20.6 Å². The zero-order valence-electron chi connectivity index (χ0n) is 16.9. The zero-order chi connectivity index (χ0) is 20.7. The monoisotopic (exact) mass is 412 g/mol. The van der Waals surface area contributed by atoms with Crippen LogP contribution < -0.4 is 20.9 Å². The van der Waals surface area contributed by atoms with Crippen LogP contribution in [-0.4, -0.2) is 47.8 Å². The van der Waals surface area contributed by atoms with Gasteiger partial charge in [0.05, 0.1) is 30.5 Å². The lowest BCUT2D eigenvalue weighted by Gasteiger charge is -2.35. The van der Waals surface area contributed by atoms with E-state index in [9.17, 15) is 9.18 Å². The molecule has 9 heteroatoms. The lowest BCUT2D eigenvalue weighted by molar-refractivity contribution is 0.0984. The molecule has 1 aliphatic carbocycles. The van der Waals surface area contributed by atoms with Gasteiger partial charge in [-0.1, -0.05) is 0 Å². The maximum Gasteiger partial charge on any atom is 0.319 e. The highest BCUT2D eigenvalue weighted by Gasteiger charge is 2.28. The number of halogens is 1. The number of nitrogens with zero attached hydrogens (tertiary/aromatic N) is 3. The summed E-state index contributed by atoms with van der Waals surface area (Å²) in [7, 11) is 0. The van der Waals surface area contributed by atoms with Crippen LogP contribution >= 0.6 is 0 Å². The summed E-state index contributed by atoms with van der Waals surface area (Å²) in [6.07, 6.45) is 1.99. The number of rotatable bonds is 4. The van der Waals surface area contributed by atoms with Gasteiger partial charge < -0.3 is 25.6 Å². The Morgan fingerprint density at radius 2 is 2.17 bits per heavy atom. The van der Waals surface area contributed by atoms with Crippen molar-refractivity contribution in [1.29, 1.82) is 0 Å². The van der Waals surface area contributed by atoms with E-state index in [0.29, 0.717) is 43.4 Å². The van der Waals surface area contributed by atoms with Gasteiger partial charge in [-0.05, 0) is 38.0 Å². The molecule has 1 unspecified atom stereocenters. The van der Waals surface area contributed by atoms with Crippen molar-refractivity contribution in [3.05, 3.63) is 35.3 Å². The maximum absolute atomic E-state index is 15.0. The topological polar surface area (TPSA) is 91.4 Å². The van der Waals surface area contributed by atoms with Crippen LogP contribution in [0.4, 0.5) is 20.7 Å². The van der Waals surface area contributed by atoms with E-state index in [1.807, 2.05) is 0 Å². The van der Waals surface area contributed by atoms with Gasteiger partial charge in [0.1, 0.15) is 11.6 Å². The highest BCUT2D eigenvalue weighted by molar-refractivity contribution is 5.90. The molecule has 30 heavy (non-hydrogen) atoms. The molecule has 0 bridgehead atoms. The molecule has 5 rings (SSSR count). The number of hydrogen-bond donors (Lipinski definition) is 3. The average molecular weight is 412 g/mol. The molecule has 3 N–H and O–H groups in total. The molecular formula is C21H25FN6O2. The van der Waals surface area contributed by atoms with E-state index in [1.165, 1.54) is 6.07 Å². The van der Waals surface area contributed by atoms with E-state index in [4.69, 9.17) is 9.72 Å². The summed E-state index contributed by atoms with van der Waals surface area (Å²) < 4.78 is 20.5. The predicted octanol–water partition coefficient (Wildman–Crippen LogP) is 2.39. The molecule has 158 valence electrons. The maximum atomic E-state index is 15.0. The largest absolute Gasteiger partial charge is 0.377 e. The quantitative estimate of drug-likeness (QED) is 0.714. The number of hydrogen-bond acceptors (Lipinski definition) is 6. The van der Waals surface area contributed by atoms with E-state index < -0.39 is 5.82 Å². The minimum Gasteiger partial charge on any atom is -0.377 e. The van der Waals surface area contributed by atoms with Gasteiger partial charge in [0.2, 0.25) is 0 Å². The number of nitrogens with one attached hydrogen (secondary N) is 3. The van der Waals surface area contributed by atoms with E-state index in [2.05, 4.69) is 32.8 Å². The molecule has 3 heterocycles.